The molecule has 1 saturated heterocycles. The number of hydrogen-bond donors (Lipinski definition) is 0. The first-order chi connectivity index (χ1) is 18.5. The number of hydrogen-bond acceptors (Lipinski definition) is 8. The molecule has 1 aliphatic rings. The summed E-state index contributed by atoms with van der Waals surface area (Å²) in [4.78, 5) is 43.9. The molecule has 3 aromatic heterocycles. The Morgan fingerprint density at radius 2 is 1.85 bits per heavy atom. The summed E-state index contributed by atoms with van der Waals surface area (Å²) in [7, 11) is 0. The summed E-state index contributed by atoms with van der Waals surface area (Å²) in [5.41, 5.74) is -0.267. The standard InChI is InChI=1S/C26H30FN7O4S/c1-5-33-29-21(28-30-33)15-32-19-14-20(16-6-8-17(27)9-7-16)39-22(19)23(35)34(24(32)36)18-10-12-31(13-11-18)25(37)38-26(2,3)4/h6-9,14,18H,5,10-13,15H2,1-4H3. The van der Waals surface area contributed by atoms with E-state index < -0.39 is 23.4 Å². The van der Waals surface area contributed by atoms with Crippen LogP contribution in [0, 0.1) is 5.82 Å². The maximum atomic E-state index is 13.9. The molecule has 0 bridgehead atoms. The van der Waals surface area contributed by atoms with Gasteiger partial charge in [-0.2, -0.15) is 4.80 Å². The molecule has 1 fully saturated rings. The third-order valence-electron chi connectivity index (χ3n) is 6.54. The average molecular weight is 556 g/mol. The molecule has 4 aromatic rings. The molecule has 0 radical (unpaired) electrons. The lowest BCUT2D eigenvalue weighted by Gasteiger charge is -2.34. The lowest BCUT2D eigenvalue weighted by Crippen LogP contribution is -2.47. The van der Waals surface area contributed by atoms with E-state index in [1.165, 1.54) is 37.4 Å². The van der Waals surface area contributed by atoms with Crippen molar-refractivity contribution in [3.63, 3.8) is 0 Å². The molecule has 0 aliphatic carbocycles. The topological polar surface area (TPSA) is 117 Å². The Morgan fingerprint density at radius 3 is 2.46 bits per heavy atom. The van der Waals surface area contributed by atoms with Crippen molar-refractivity contribution in [2.45, 2.75) is 65.3 Å². The molecular formula is C26H30FN7O4S. The summed E-state index contributed by atoms with van der Waals surface area (Å²) >= 11 is 1.25. The molecular weight excluding hydrogens is 525 g/mol. The van der Waals surface area contributed by atoms with Crippen molar-refractivity contribution in [2.75, 3.05) is 13.1 Å². The Kier molecular flexibility index (Phi) is 7.10. The van der Waals surface area contributed by atoms with Crippen LogP contribution in [0.3, 0.4) is 0 Å². The summed E-state index contributed by atoms with van der Waals surface area (Å²) in [6, 6.07) is 7.38. The van der Waals surface area contributed by atoms with Gasteiger partial charge in [-0.1, -0.05) is 12.1 Å². The van der Waals surface area contributed by atoms with E-state index in [0.29, 0.717) is 48.5 Å². The van der Waals surface area contributed by atoms with E-state index in [-0.39, 0.29) is 17.9 Å². The Morgan fingerprint density at radius 1 is 1.15 bits per heavy atom. The number of rotatable bonds is 5. The fraction of sp³-hybridized carbons (Fsp3) is 0.462. The summed E-state index contributed by atoms with van der Waals surface area (Å²) in [6.45, 7) is 8.60. The summed E-state index contributed by atoms with van der Waals surface area (Å²) < 4.78 is 22.2. The van der Waals surface area contributed by atoms with Crippen LogP contribution in [-0.2, 0) is 17.8 Å². The van der Waals surface area contributed by atoms with Gasteiger partial charge in [-0.25, -0.2) is 14.0 Å². The molecule has 1 aromatic carbocycles. The van der Waals surface area contributed by atoms with Crippen molar-refractivity contribution >= 4 is 27.6 Å². The van der Waals surface area contributed by atoms with Gasteiger partial charge in [0.15, 0.2) is 5.82 Å². The quantitative estimate of drug-likeness (QED) is 0.369. The van der Waals surface area contributed by atoms with Gasteiger partial charge in [0.2, 0.25) is 0 Å². The van der Waals surface area contributed by atoms with E-state index in [1.807, 2.05) is 27.7 Å². The maximum absolute atomic E-state index is 13.9. The van der Waals surface area contributed by atoms with Gasteiger partial charge in [0, 0.05) is 24.0 Å². The molecule has 1 amide bonds. The Labute approximate surface area is 227 Å². The summed E-state index contributed by atoms with van der Waals surface area (Å²) in [5, 5.41) is 12.4. The van der Waals surface area contributed by atoms with E-state index >= 15 is 0 Å². The molecule has 0 atom stereocenters. The second-order valence-electron chi connectivity index (χ2n) is 10.5. The minimum atomic E-state index is -0.612. The highest BCUT2D eigenvalue weighted by molar-refractivity contribution is 7.22. The van der Waals surface area contributed by atoms with Gasteiger partial charge in [-0.05, 0) is 69.5 Å². The number of halogens is 1. The van der Waals surface area contributed by atoms with Crippen LogP contribution in [-0.4, -0.2) is 59.0 Å². The number of fused-ring (bicyclic) bond motifs is 1. The molecule has 0 saturated carbocycles. The number of likely N-dealkylation sites (tertiary alicyclic amines) is 1. The number of carbonyl (C=O) groups excluding carboxylic acids is 1. The van der Waals surface area contributed by atoms with E-state index in [2.05, 4.69) is 15.4 Å². The number of carbonyl (C=O) groups is 1. The zero-order valence-corrected chi connectivity index (χ0v) is 23.1. The SMILES string of the molecule is CCn1nnc(Cn2c(=O)n(C3CCN(C(=O)OC(C)(C)C)CC3)c(=O)c3sc(-c4ccc(F)cc4)cc32)n1. The Hall–Kier alpha value is -3.87. The highest BCUT2D eigenvalue weighted by Crippen LogP contribution is 2.32. The van der Waals surface area contributed by atoms with E-state index in [1.54, 1.807) is 23.1 Å². The second-order valence-corrected chi connectivity index (χ2v) is 11.5. The lowest BCUT2D eigenvalue weighted by atomic mass is 10.1. The highest BCUT2D eigenvalue weighted by atomic mass is 32.1. The lowest BCUT2D eigenvalue weighted by molar-refractivity contribution is 0.0186. The number of nitrogens with zero attached hydrogens (tertiary/aromatic N) is 7. The van der Waals surface area contributed by atoms with Gasteiger partial charge in [-0.15, -0.1) is 21.5 Å². The van der Waals surface area contributed by atoms with Crippen molar-refractivity contribution in [1.29, 1.82) is 0 Å². The molecule has 1 aliphatic heterocycles. The fourth-order valence-corrected chi connectivity index (χ4v) is 5.75. The molecule has 0 spiro atoms. The predicted octanol–water partition coefficient (Wildman–Crippen LogP) is 3.66. The number of amides is 1. The number of benzene rings is 1. The number of aryl methyl sites for hydroxylation is 1. The molecule has 0 N–H and O–H groups in total. The van der Waals surface area contributed by atoms with Crippen molar-refractivity contribution in [3.8, 4) is 10.4 Å². The smallest absolute Gasteiger partial charge is 0.410 e. The van der Waals surface area contributed by atoms with E-state index in [4.69, 9.17) is 4.74 Å². The first-order valence-corrected chi connectivity index (χ1v) is 13.6. The number of ether oxygens (including phenoxy) is 1. The van der Waals surface area contributed by atoms with Crippen molar-refractivity contribution in [1.82, 2.24) is 34.2 Å². The van der Waals surface area contributed by atoms with Gasteiger partial charge in [0.05, 0.1) is 18.6 Å². The van der Waals surface area contributed by atoms with Crippen LogP contribution >= 0.6 is 11.3 Å². The molecule has 13 heteroatoms. The van der Waals surface area contributed by atoms with Crippen LogP contribution in [0.25, 0.3) is 20.7 Å². The van der Waals surface area contributed by atoms with Crippen molar-refractivity contribution in [3.05, 3.63) is 62.8 Å². The van der Waals surface area contributed by atoms with Crippen LogP contribution in [0.1, 0.15) is 52.4 Å². The first-order valence-electron chi connectivity index (χ1n) is 12.8. The average Bonchev–Trinajstić information content (AvgIpc) is 3.54. The molecule has 0 unspecified atom stereocenters. The molecule has 11 nitrogen and oxygen atoms in total. The fourth-order valence-electron chi connectivity index (χ4n) is 4.64. The van der Waals surface area contributed by atoms with Crippen LogP contribution < -0.4 is 11.2 Å². The molecule has 4 heterocycles. The number of piperidine rings is 1. The minimum absolute atomic E-state index is 0.0337. The highest BCUT2D eigenvalue weighted by Gasteiger charge is 2.30. The van der Waals surface area contributed by atoms with Gasteiger partial charge in [0.1, 0.15) is 16.1 Å². The largest absolute Gasteiger partial charge is 0.444 e. The Balaban J connectivity index is 1.55. The number of tetrazole rings is 1. The first kappa shape index (κ1) is 26.7. The second kappa shape index (κ2) is 10.4. The van der Waals surface area contributed by atoms with E-state index in [0.717, 1.165) is 10.4 Å². The van der Waals surface area contributed by atoms with Gasteiger partial charge >= 0.3 is 11.8 Å². The van der Waals surface area contributed by atoms with Crippen LogP contribution in [0.4, 0.5) is 9.18 Å². The van der Waals surface area contributed by atoms with E-state index in [9.17, 15) is 18.8 Å². The summed E-state index contributed by atoms with van der Waals surface area (Å²) in [6.07, 6.45) is 0.453. The normalized spacial score (nSPS) is 14.7. The number of thiophene rings is 1. The van der Waals surface area contributed by atoms with Crippen LogP contribution in [0.2, 0.25) is 0 Å². The number of aromatic nitrogens is 6. The minimum Gasteiger partial charge on any atom is -0.444 e. The monoisotopic (exact) mass is 555 g/mol. The predicted molar refractivity (Wildman–Crippen MR) is 144 cm³/mol. The third kappa shape index (κ3) is 5.49. The third-order valence-corrected chi connectivity index (χ3v) is 7.70. The molecule has 39 heavy (non-hydrogen) atoms. The van der Waals surface area contributed by atoms with Gasteiger partial charge in [0.25, 0.3) is 5.56 Å². The summed E-state index contributed by atoms with van der Waals surface area (Å²) in [5.74, 6) is -0.0124. The van der Waals surface area contributed by atoms with Crippen molar-refractivity contribution < 1.29 is 13.9 Å². The van der Waals surface area contributed by atoms with Crippen LogP contribution in [0.5, 0.6) is 0 Å². The van der Waals surface area contributed by atoms with Crippen molar-refractivity contribution in [2.24, 2.45) is 0 Å². The molecule has 206 valence electrons. The van der Waals surface area contributed by atoms with Crippen LogP contribution in [0.15, 0.2) is 39.9 Å². The molecule has 5 rings (SSSR count). The zero-order chi connectivity index (χ0) is 27.9. The maximum Gasteiger partial charge on any atom is 0.410 e. The Bertz CT molecular complexity index is 1620. The van der Waals surface area contributed by atoms with Gasteiger partial charge < -0.3 is 9.64 Å². The van der Waals surface area contributed by atoms with Gasteiger partial charge in [-0.3, -0.25) is 13.9 Å². The zero-order valence-electron chi connectivity index (χ0n) is 22.3.